The van der Waals surface area contributed by atoms with Gasteiger partial charge in [-0.3, -0.25) is 0 Å². The lowest BCUT2D eigenvalue weighted by Gasteiger charge is -2.09. The summed E-state index contributed by atoms with van der Waals surface area (Å²) in [4.78, 5) is 15.6. The first-order valence-electron chi connectivity index (χ1n) is 5.56. The summed E-state index contributed by atoms with van der Waals surface area (Å²) < 4.78 is 4.94. The van der Waals surface area contributed by atoms with E-state index in [1.165, 1.54) is 11.3 Å². The van der Waals surface area contributed by atoms with Crippen LogP contribution in [0.1, 0.15) is 30.8 Å². The van der Waals surface area contributed by atoms with Crippen LogP contribution >= 0.6 is 23.1 Å². The highest BCUT2D eigenvalue weighted by atomic mass is 32.2. The highest BCUT2D eigenvalue weighted by Gasteiger charge is 2.15. The maximum atomic E-state index is 11.6. The summed E-state index contributed by atoms with van der Waals surface area (Å²) in [6.45, 7) is 5.19. The van der Waals surface area contributed by atoms with Crippen molar-refractivity contribution in [3.05, 3.63) is 11.2 Å². The number of hydrogen-bond donors (Lipinski definition) is 1. The van der Waals surface area contributed by atoms with Crippen molar-refractivity contribution in [2.24, 2.45) is 0 Å². The van der Waals surface area contributed by atoms with Crippen molar-refractivity contribution >= 4 is 34.1 Å². The van der Waals surface area contributed by atoms with Crippen molar-refractivity contribution in [1.82, 2.24) is 4.98 Å². The van der Waals surface area contributed by atoms with Gasteiger partial charge >= 0.3 is 5.97 Å². The van der Waals surface area contributed by atoms with Gasteiger partial charge in [-0.15, -0.1) is 11.3 Å². The monoisotopic (exact) mass is 274 g/mol. The fourth-order valence-corrected chi connectivity index (χ4v) is 2.27. The Hall–Kier alpha value is -0.750. The molecule has 1 aromatic rings. The Morgan fingerprint density at radius 2 is 2.47 bits per heavy atom. The zero-order valence-electron chi connectivity index (χ0n) is 10.4. The van der Waals surface area contributed by atoms with Crippen LogP contribution in [0.15, 0.2) is 5.51 Å². The molecule has 6 heteroatoms. The molecule has 0 fully saturated rings. The predicted molar refractivity (Wildman–Crippen MR) is 74.2 cm³/mol. The number of anilines is 1. The van der Waals surface area contributed by atoms with Gasteiger partial charge in [0.2, 0.25) is 0 Å². The third-order valence-corrected chi connectivity index (χ3v) is 4.10. The van der Waals surface area contributed by atoms with Crippen molar-refractivity contribution < 1.29 is 9.53 Å². The fourth-order valence-electron chi connectivity index (χ4n) is 1.22. The van der Waals surface area contributed by atoms with Gasteiger partial charge in [0, 0.05) is 11.8 Å². The second-order valence-corrected chi connectivity index (χ2v) is 5.64. The van der Waals surface area contributed by atoms with Crippen LogP contribution in [0.2, 0.25) is 0 Å². The first kappa shape index (κ1) is 14.3. The van der Waals surface area contributed by atoms with E-state index in [4.69, 9.17) is 4.74 Å². The van der Waals surface area contributed by atoms with Crippen molar-refractivity contribution in [2.45, 2.75) is 25.5 Å². The second-order valence-electron chi connectivity index (χ2n) is 3.51. The SMILES string of the molecule is CCOC(=O)c1ncsc1NCCC(C)SC. The average molecular weight is 274 g/mol. The minimum Gasteiger partial charge on any atom is -0.461 e. The molecule has 17 heavy (non-hydrogen) atoms. The highest BCUT2D eigenvalue weighted by Crippen LogP contribution is 2.21. The number of thiazole rings is 1. The van der Waals surface area contributed by atoms with E-state index in [1.54, 1.807) is 12.4 Å². The van der Waals surface area contributed by atoms with Gasteiger partial charge in [-0.1, -0.05) is 6.92 Å². The van der Waals surface area contributed by atoms with Gasteiger partial charge in [-0.25, -0.2) is 9.78 Å². The van der Waals surface area contributed by atoms with E-state index in [0.29, 0.717) is 17.6 Å². The molecule has 0 saturated carbocycles. The number of aromatic nitrogens is 1. The Labute approximate surface area is 110 Å². The minimum atomic E-state index is -0.353. The van der Waals surface area contributed by atoms with E-state index in [-0.39, 0.29) is 5.97 Å². The smallest absolute Gasteiger partial charge is 0.360 e. The molecule has 1 aromatic heterocycles. The number of carbonyl (C=O) groups excluding carboxylic acids is 1. The van der Waals surface area contributed by atoms with Crippen LogP contribution < -0.4 is 5.32 Å². The maximum Gasteiger partial charge on any atom is 0.360 e. The normalized spacial score (nSPS) is 12.2. The van der Waals surface area contributed by atoms with Gasteiger partial charge < -0.3 is 10.1 Å². The number of nitrogens with one attached hydrogen (secondary N) is 1. The van der Waals surface area contributed by atoms with Gasteiger partial charge in [0.25, 0.3) is 0 Å². The van der Waals surface area contributed by atoms with E-state index in [9.17, 15) is 4.79 Å². The molecular weight excluding hydrogens is 256 g/mol. The van der Waals surface area contributed by atoms with Crippen molar-refractivity contribution in [2.75, 3.05) is 24.7 Å². The van der Waals surface area contributed by atoms with Gasteiger partial charge in [0.05, 0.1) is 12.1 Å². The van der Waals surface area contributed by atoms with E-state index in [1.807, 2.05) is 11.8 Å². The quantitative estimate of drug-likeness (QED) is 0.775. The topological polar surface area (TPSA) is 51.2 Å². The minimum absolute atomic E-state index is 0.353. The molecule has 0 aliphatic rings. The van der Waals surface area contributed by atoms with Crippen LogP contribution in [0.5, 0.6) is 0 Å². The zero-order chi connectivity index (χ0) is 12.7. The van der Waals surface area contributed by atoms with E-state index in [0.717, 1.165) is 18.0 Å². The Balaban J connectivity index is 2.48. The van der Waals surface area contributed by atoms with Gasteiger partial charge in [0.15, 0.2) is 5.69 Å². The molecule has 0 aliphatic heterocycles. The lowest BCUT2D eigenvalue weighted by molar-refractivity contribution is 0.0521. The van der Waals surface area contributed by atoms with Crippen LogP contribution in [0, 0.1) is 0 Å². The van der Waals surface area contributed by atoms with Gasteiger partial charge in [0.1, 0.15) is 5.00 Å². The molecule has 0 amide bonds. The van der Waals surface area contributed by atoms with Crippen LogP contribution in [0.25, 0.3) is 0 Å². The molecule has 1 N–H and O–H groups in total. The molecule has 4 nitrogen and oxygen atoms in total. The number of carbonyl (C=O) groups is 1. The lowest BCUT2D eigenvalue weighted by Crippen LogP contribution is -2.11. The predicted octanol–water partition coefficient (Wildman–Crippen LogP) is 2.87. The van der Waals surface area contributed by atoms with E-state index >= 15 is 0 Å². The van der Waals surface area contributed by atoms with Gasteiger partial charge in [-0.05, 0) is 19.6 Å². The molecule has 0 aromatic carbocycles. The highest BCUT2D eigenvalue weighted by molar-refractivity contribution is 7.99. The van der Waals surface area contributed by atoms with Gasteiger partial charge in [-0.2, -0.15) is 11.8 Å². The molecule has 0 saturated heterocycles. The Kier molecular flexibility index (Phi) is 6.36. The Bertz CT molecular complexity index is 355. The molecule has 1 rings (SSSR count). The first-order chi connectivity index (χ1) is 8.19. The lowest BCUT2D eigenvalue weighted by atomic mass is 10.3. The van der Waals surface area contributed by atoms with E-state index < -0.39 is 0 Å². The summed E-state index contributed by atoms with van der Waals surface area (Å²) in [5, 5.41) is 4.65. The zero-order valence-corrected chi connectivity index (χ0v) is 12.0. The summed E-state index contributed by atoms with van der Waals surface area (Å²) in [6, 6.07) is 0. The molecule has 0 bridgehead atoms. The van der Waals surface area contributed by atoms with Crippen LogP contribution in [0.4, 0.5) is 5.00 Å². The summed E-state index contributed by atoms with van der Waals surface area (Å²) in [5.74, 6) is -0.353. The largest absolute Gasteiger partial charge is 0.461 e. The first-order valence-corrected chi connectivity index (χ1v) is 7.73. The number of hydrogen-bond acceptors (Lipinski definition) is 6. The van der Waals surface area contributed by atoms with Crippen molar-refractivity contribution in [3.63, 3.8) is 0 Å². The Morgan fingerprint density at radius 3 is 3.12 bits per heavy atom. The molecule has 0 radical (unpaired) electrons. The maximum absolute atomic E-state index is 11.6. The number of ether oxygens (including phenoxy) is 1. The fraction of sp³-hybridized carbons (Fsp3) is 0.636. The summed E-state index contributed by atoms with van der Waals surface area (Å²) in [7, 11) is 0. The molecule has 96 valence electrons. The molecule has 0 aliphatic carbocycles. The molecule has 1 unspecified atom stereocenters. The molecule has 1 heterocycles. The number of thioether (sulfide) groups is 1. The number of rotatable bonds is 7. The van der Waals surface area contributed by atoms with Crippen molar-refractivity contribution in [3.8, 4) is 0 Å². The van der Waals surface area contributed by atoms with Crippen molar-refractivity contribution in [1.29, 1.82) is 0 Å². The molecular formula is C11H18N2O2S2. The standard InChI is InChI=1S/C11H18N2O2S2/c1-4-15-11(14)9-10(17-7-13-9)12-6-5-8(2)16-3/h7-8,12H,4-6H2,1-3H3. The molecule has 0 spiro atoms. The third-order valence-electron chi connectivity index (χ3n) is 2.28. The second kappa shape index (κ2) is 7.55. The summed E-state index contributed by atoms with van der Waals surface area (Å²) in [5.41, 5.74) is 2.06. The average Bonchev–Trinajstić information content (AvgIpc) is 2.77. The summed E-state index contributed by atoms with van der Waals surface area (Å²) >= 11 is 3.27. The number of nitrogens with zero attached hydrogens (tertiary/aromatic N) is 1. The van der Waals surface area contributed by atoms with Crippen LogP contribution in [-0.2, 0) is 4.74 Å². The third kappa shape index (κ3) is 4.55. The number of esters is 1. The molecule has 1 atom stereocenters. The van der Waals surface area contributed by atoms with Crippen LogP contribution in [0.3, 0.4) is 0 Å². The summed E-state index contributed by atoms with van der Waals surface area (Å²) in [6.07, 6.45) is 3.16. The Morgan fingerprint density at radius 1 is 1.71 bits per heavy atom. The van der Waals surface area contributed by atoms with E-state index in [2.05, 4.69) is 23.5 Å². The van der Waals surface area contributed by atoms with Crippen LogP contribution in [-0.4, -0.2) is 35.6 Å².